The quantitative estimate of drug-likeness (QED) is 0.508. The molecule has 4 nitrogen and oxygen atoms in total. The molecule has 0 amide bonds. The summed E-state index contributed by atoms with van der Waals surface area (Å²) < 4.78 is 9.69. The lowest BCUT2D eigenvalue weighted by atomic mass is 10.3. The molecule has 11 heavy (non-hydrogen) atoms. The van der Waals surface area contributed by atoms with Gasteiger partial charge in [0.15, 0.2) is 17.2 Å². The van der Waals surface area contributed by atoms with Gasteiger partial charge in [0.25, 0.3) is 0 Å². The molecule has 0 saturated carbocycles. The molecule has 0 bridgehead atoms. The number of esters is 1. The molecule has 0 spiro atoms. The van der Waals surface area contributed by atoms with Crippen LogP contribution in [-0.2, 0) is 14.3 Å². The predicted octanol–water partition coefficient (Wildman–Crippen LogP) is 0.361. The van der Waals surface area contributed by atoms with Crippen LogP contribution >= 0.6 is 0 Å². The third-order valence-corrected chi connectivity index (χ3v) is 1.45. The van der Waals surface area contributed by atoms with Crippen molar-refractivity contribution < 1.29 is 14.3 Å². The monoisotopic (exact) mass is 151 g/mol. The number of hydrogen-bond donors (Lipinski definition) is 1. The van der Waals surface area contributed by atoms with Crippen molar-refractivity contribution in [1.29, 1.82) is 5.41 Å². The first kappa shape index (κ1) is 6.15. The summed E-state index contributed by atoms with van der Waals surface area (Å²) in [7, 11) is 0. The van der Waals surface area contributed by atoms with Gasteiger partial charge in [-0.15, -0.1) is 0 Å². The van der Waals surface area contributed by atoms with Crippen LogP contribution in [0.4, 0.5) is 0 Å². The summed E-state index contributed by atoms with van der Waals surface area (Å²) in [5.41, 5.74) is -0.190. The minimum atomic E-state index is -0.637. The highest BCUT2D eigenvalue weighted by Gasteiger charge is 2.31. The minimum absolute atomic E-state index is 0.190. The molecule has 4 heteroatoms. The molecule has 1 N–H and O–H groups in total. The van der Waals surface area contributed by atoms with E-state index < -0.39 is 5.97 Å². The van der Waals surface area contributed by atoms with E-state index in [9.17, 15) is 4.79 Å². The Morgan fingerprint density at radius 3 is 3.09 bits per heavy atom. The van der Waals surface area contributed by atoms with Crippen molar-refractivity contribution >= 4 is 11.7 Å². The maximum atomic E-state index is 10.7. The fourth-order valence-corrected chi connectivity index (χ4v) is 0.953. The summed E-state index contributed by atoms with van der Waals surface area (Å²) in [5.74, 6) is -0.0229. The second kappa shape index (κ2) is 1.95. The molecule has 0 aliphatic carbocycles. The number of carbonyl (C=O) groups excluding carboxylic acids is 1. The molecule has 2 heterocycles. The Morgan fingerprint density at radius 2 is 2.36 bits per heavy atom. The molecule has 2 rings (SSSR count). The Bertz CT molecular complexity index is 301. The van der Waals surface area contributed by atoms with E-state index in [0.717, 1.165) is 0 Å². The molecule has 56 valence electrons. The van der Waals surface area contributed by atoms with Crippen LogP contribution in [0.2, 0.25) is 0 Å². The molecular weight excluding hydrogens is 146 g/mol. The Balaban J connectivity index is 2.43. The van der Waals surface area contributed by atoms with Crippen LogP contribution in [0.5, 0.6) is 0 Å². The van der Waals surface area contributed by atoms with Gasteiger partial charge >= 0.3 is 5.97 Å². The second-order valence-corrected chi connectivity index (χ2v) is 2.17. The summed E-state index contributed by atoms with van der Waals surface area (Å²) >= 11 is 0. The van der Waals surface area contributed by atoms with Gasteiger partial charge < -0.3 is 9.47 Å². The smallest absolute Gasteiger partial charge is 0.365 e. The van der Waals surface area contributed by atoms with Crippen molar-refractivity contribution in [3.05, 3.63) is 23.7 Å². The molecule has 0 aromatic carbocycles. The average molecular weight is 151 g/mol. The van der Waals surface area contributed by atoms with Gasteiger partial charge in [-0.2, -0.15) is 0 Å². The molecule has 2 aliphatic heterocycles. The van der Waals surface area contributed by atoms with Crippen LogP contribution in [0.3, 0.4) is 0 Å². The highest BCUT2D eigenvalue weighted by molar-refractivity contribution is 6.43. The summed E-state index contributed by atoms with van der Waals surface area (Å²) in [5, 5.41) is 7.19. The van der Waals surface area contributed by atoms with Crippen molar-refractivity contribution in [3.8, 4) is 0 Å². The molecule has 0 fully saturated rings. The normalized spacial score (nSPS) is 21.5. The maximum Gasteiger partial charge on any atom is 0.365 e. The molecule has 0 radical (unpaired) electrons. The van der Waals surface area contributed by atoms with Gasteiger partial charge in [0.05, 0.1) is 0 Å². The molecule has 0 saturated heterocycles. The predicted molar refractivity (Wildman–Crippen MR) is 35.9 cm³/mol. The lowest BCUT2D eigenvalue weighted by Crippen LogP contribution is -2.10. The van der Waals surface area contributed by atoms with E-state index in [1.54, 1.807) is 12.2 Å². The zero-order chi connectivity index (χ0) is 7.84. The molecular formula is C7H5NO3. The van der Waals surface area contributed by atoms with Crippen LogP contribution < -0.4 is 0 Å². The van der Waals surface area contributed by atoms with Crippen molar-refractivity contribution in [2.24, 2.45) is 0 Å². The van der Waals surface area contributed by atoms with Gasteiger partial charge in [0.2, 0.25) is 0 Å². The number of carbonyl (C=O) groups is 1. The fourth-order valence-electron chi connectivity index (χ4n) is 0.953. The molecule has 0 aromatic heterocycles. The van der Waals surface area contributed by atoms with Gasteiger partial charge in [-0.1, -0.05) is 0 Å². The second-order valence-electron chi connectivity index (χ2n) is 2.17. The van der Waals surface area contributed by atoms with E-state index in [-0.39, 0.29) is 11.5 Å². The van der Waals surface area contributed by atoms with Crippen LogP contribution in [-0.4, -0.2) is 18.3 Å². The van der Waals surface area contributed by atoms with Gasteiger partial charge in [-0.05, 0) is 12.2 Å². The highest BCUT2D eigenvalue weighted by atomic mass is 16.6. The first-order valence-corrected chi connectivity index (χ1v) is 3.14. The summed E-state index contributed by atoms with van der Waals surface area (Å²) in [4.78, 5) is 10.7. The Kier molecular flexibility index (Phi) is 1.09. The zero-order valence-electron chi connectivity index (χ0n) is 5.59. The third kappa shape index (κ3) is 0.756. The highest BCUT2D eigenvalue weighted by Crippen LogP contribution is 2.22. The van der Waals surface area contributed by atoms with Crippen molar-refractivity contribution in [2.75, 3.05) is 6.61 Å². The third-order valence-electron chi connectivity index (χ3n) is 1.45. The van der Waals surface area contributed by atoms with E-state index in [1.807, 2.05) is 0 Å². The maximum absolute atomic E-state index is 10.7. The van der Waals surface area contributed by atoms with Crippen molar-refractivity contribution in [3.63, 3.8) is 0 Å². The van der Waals surface area contributed by atoms with E-state index in [2.05, 4.69) is 4.74 Å². The van der Waals surface area contributed by atoms with Crippen LogP contribution in [0, 0.1) is 5.41 Å². The average Bonchev–Trinajstić information content (AvgIpc) is 2.30. The van der Waals surface area contributed by atoms with Gasteiger partial charge in [-0.25, -0.2) is 4.79 Å². The van der Waals surface area contributed by atoms with Crippen LogP contribution in [0.25, 0.3) is 0 Å². The van der Waals surface area contributed by atoms with Crippen LogP contribution in [0.15, 0.2) is 23.7 Å². The number of hydrogen-bond acceptors (Lipinski definition) is 4. The standard InChI is InChI=1S/C7H5NO3/c8-5-6-4(11-7(5)9)2-1-3-10-6/h1-2,8H,3H2. The minimum Gasteiger partial charge on any atom is -0.483 e. The largest absolute Gasteiger partial charge is 0.483 e. The van der Waals surface area contributed by atoms with Gasteiger partial charge in [0, 0.05) is 0 Å². The number of nitrogens with one attached hydrogen (secondary N) is 1. The molecule has 2 aliphatic rings. The van der Waals surface area contributed by atoms with E-state index in [0.29, 0.717) is 12.4 Å². The summed E-state index contributed by atoms with van der Waals surface area (Å²) in [6.45, 7) is 0.401. The Morgan fingerprint density at radius 1 is 1.55 bits per heavy atom. The lowest BCUT2D eigenvalue weighted by molar-refractivity contribution is -0.130. The topological polar surface area (TPSA) is 59.4 Å². The first-order chi connectivity index (χ1) is 5.29. The van der Waals surface area contributed by atoms with Crippen LogP contribution in [0.1, 0.15) is 0 Å². The number of allylic oxidation sites excluding steroid dienone is 1. The van der Waals surface area contributed by atoms with E-state index in [1.165, 1.54) is 0 Å². The van der Waals surface area contributed by atoms with E-state index >= 15 is 0 Å². The van der Waals surface area contributed by atoms with E-state index in [4.69, 9.17) is 10.1 Å². The van der Waals surface area contributed by atoms with Gasteiger partial charge in [0.1, 0.15) is 6.61 Å². The SMILES string of the molecule is N=C1C(=O)OC2=C1OCC=C2. The Labute approximate surface area is 62.6 Å². The summed E-state index contributed by atoms with van der Waals surface area (Å²) in [6.07, 6.45) is 3.36. The van der Waals surface area contributed by atoms with Gasteiger partial charge in [-0.3, -0.25) is 5.41 Å². The zero-order valence-corrected chi connectivity index (χ0v) is 5.59. The fraction of sp³-hybridized carbons (Fsp3) is 0.143. The molecule has 0 unspecified atom stereocenters. The van der Waals surface area contributed by atoms with Crippen molar-refractivity contribution in [1.82, 2.24) is 0 Å². The lowest BCUT2D eigenvalue weighted by Gasteiger charge is -2.06. The number of rotatable bonds is 0. The first-order valence-electron chi connectivity index (χ1n) is 3.14. The number of ether oxygens (including phenoxy) is 2. The summed E-state index contributed by atoms with van der Waals surface area (Å²) in [6, 6.07) is 0. The molecule has 0 aromatic rings. The van der Waals surface area contributed by atoms with Crippen molar-refractivity contribution in [2.45, 2.75) is 0 Å². The Hall–Kier alpha value is -1.58. The molecule has 0 atom stereocenters.